The predicted molar refractivity (Wildman–Crippen MR) is 67.5 cm³/mol. The Balaban J connectivity index is 2.02. The summed E-state index contributed by atoms with van der Waals surface area (Å²) in [5.41, 5.74) is 1.52. The fraction of sp³-hybridized carbons (Fsp3) is 0.500. The summed E-state index contributed by atoms with van der Waals surface area (Å²) >= 11 is 1.93. The van der Waals surface area contributed by atoms with Crippen LogP contribution in [-0.4, -0.2) is 22.5 Å². The molecule has 3 nitrogen and oxygen atoms in total. The van der Waals surface area contributed by atoms with E-state index in [0.29, 0.717) is 10.3 Å². The van der Waals surface area contributed by atoms with Crippen molar-refractivity contribution in [3.63, 3.8) is 0 Å². The van der Waals surface area contributed by atoms with Gasteiger partial charge in [0.05, 0.1) is 17.4 Å². The molecule has 0 amide bonds. The summed E-state index contributed by atoms with van der Waals surface area (Å²) in [4.78, 5) is 4.04. The van der Waals surface area contributed by atoms with Gasteiger partial charge in [0.1, 0.15) is 6.07 Å². The molecule has 4 heteroatoms. The van der Waals surface area contributed by atoms with Crippen LogP contribution in [0.5, 0.6) is 0 Å². The highest BCUT2D eigenvalue weighted by atomic mass is 32.2. The van der Waals surface area contributed by atoms with Crippen molar-refractivity contribution < 1.29 is 0 Å². The highest BCUT2D eigenvalue weighted by Crippen LogP contribution is 2.42. The summed E-state index contributed by atoms with van der Waals surface area (Å²) in [6.45, 7) is 0.925. The maximum absolute atomic E-state index is 8.95. The first-order valence-corrected chi connectivity index (χ1v) is 6.65. The fourth-order valence-electron chi connectivity index (χ4n) is 1.91. The van der Waals surface area contributed by atoms with Crippen LogP contribution in [0.3, 0.4) is 0 Å². The van der Waals surface area contributed by atoms with Crippen LogP contribution in [0.1, 0.15) is 24.8 Å². The minimum absolute atomic E-state index is 0.378. The average molecular weight is 233 g/mol. The van der Waals surface area contributed by atoms with Crippen LogP contribution < -0.4 is 5.32 Å². The number of aromatic nitrogens is 1. The van der Waals surface area contributed by atoms with Crippen molar-refractivity contribution in [1.82, 2.24) is 4.98 Å². The zero-order valence-electron chi connectivity index (χ0n) is 9.36. The maximum Gasteiger partial charge on any atom is 0.101 e. The van der Waals surface area contributed by atoms with E-state index in [-0.39, 0.29) is 0 Å². The van der Waals surface area contributed by atoms with Crippen LogP contribution >= 0.6 is 11.8 Å². The number of thioether (sulfide) groups is 1. The lowest BCUT2D eigenvalue weighted by Crippen LogP contribution is -2.40. The second-order valence-corrected chi connectivity index (χ2v) is 5.40. The lowest BCUT2D eigenvalue weighted by molar-refractivity contribution is 0.380. The minimum atomic E-state index is 0.378. The summed E-state index contributed by atoms with van der Waals surface area (Å²) in [6.07, 6.45) is 9.39. The highest BCUT2D eigenvalue weighted by molar-refractivity contribution is 8.00. The third-order valence-electron chi connectivity index (χ3n) is 3.24. The molecule has 1 aromatic rings. The van der Waals surface area contributed by atoms with Crippen molar-refractivity contribution in [2.24, 2.45) is 0 Å². The molecule has 1 aliphatic carbocycles. The van der Waals surface area contributed by atoms with Gasteiger partial charge in [-0.25, -0.2) is 0 Å². The molecule has 1 aliphatic rings. The van der Waals surface area contributed by atoms with Crippen LogP contribution in [0.25, 0.3) is 0 Å². The topological polar surface area (TPSA) is 48.7 Å². The van der Waals surface area contributed by atoms with Gasteiger partial charge in [-0.15, -0.1) is 0 Å². The summed E-state index contributed by atoms with van der Waals surface area (Å²) in [7, 11) is 0. The number of hydrogen-bond acceptors (Lipinski definition) is 4. The third kappa shape index (κ3) is 2.14. The Hall–Kier alpha value is -1.21. The quantitative estimate of drug-likeness (QED) is 0.868. The molecule has 84 valence electrons. The molecule has 0 radical (unpaired) electrons. The Morgan fingerprint density at radius 2 is 2.44 bits per heavy atom. The smallest absolute Gasteiger partial charge is 0.101 e. The number of anilines is 1. The number of nitrogens with one attached hydrogen (secondary N) is 1. The van der Waals surface area contributed by atoms with Gasteiger partial charge < -0.3 is 5.32 Å². The zero-order valence-corrected chi connectivity index (χ0v) is 10.2. The van der Waals surface area contributed by atoms with Gasteiger partial charge in [-0.3, -0.25) is 4.98 Å². The Labute approximate surface area is 100 Å². The lowest BCUT2D eigenvalue weighted by Gasteiger charge is -2.40. The molecular formula is C12H15N3S. The molecule has 2 rings (SSSR count). The van der Waals surface area contributed by atoms with Gasteiger partial charge in [0.25, 0.3) is 0 Å². The van der Waals surface area contributed by atoms with Gasteiger partial charge in [-0.2, -0.15) is 17.0 Å². The number of hydrogen-bond donors (Lipinski definition) is 1. The van der Waals surface area contributed by atoms with Crippen molar-refractivity contribution in [3.05, 3.63) is 24.0 Å². The van der Waals surface area contributed by atoms with Crippen LogP contribution in [-0.2, 0) is 0 Å². The molecule has 0 aliphatic heterocycles. The second-order valence-electron chi connectivity index (χ2n) is 4.13. The molecule has 0 atom stereocenters. The zero-order chi connectivity index (χ0) is 11.4. The van der Waals surface area contributed by atoms with Gasteiger partial charge in [0.2, 0.25) is 0 Å². The summed E-state index contributed by atoms with van der Waals surface area (Å²) in [6, 6.07) is 3.92. The van der Waals surface area contributed by atoms with Crippen molar-refractivity contribution in [1.29, 1.82) is 5.26 Å². The molecule has 0 spiro atoms. The number of rotatable bonds is 4. The molecule has 1 fully saturated rings. The number of pyridine rings is 1. The first-order chi connectivity index (χ1) is 7.79. The Morgan fingerprint density at radius 1 is 1.62 bits per heavy atom. The average Bonchev–Trinajstić information content (AvgIpc) is 2.29. The van der Waals surface area contributed by atoms with Crippen molar-refractivity contribution in [2.45, 2.75) is 24.0 Å². The van der Waals surface area contributed by atoms with Gasteiger partial charge in [0.15, 0.2) is 0 Å². The molecular weight excluding hydrogens is 218 g/mol. The SMILES string of the molecule is CSC1(CNc2cnccc2C#N)CCC1. The summed E-state index contributed by atoms with van der Waals surface area (Å²) in [5.74, 6) is 0. The van der Waals surface area contributed by atoms with E-state index in [0.717, 1.165) is 12.2 Å². The van der Waals surface area contributed by atoms with E-state index in [1.54, 1.807) is 18.5 Å². The monoisotopic (exact) mass is 233 g/mol. The van der Waals surface area contributed by atoms with Gasteiger partial charge in [0, 0.05) is 17.5 Å². The van der Waals surface area contributed by atoms with Crippen LogP contribution in [0.2, 0.25) is 0 Å². The van der Waals surface area contributed by atoms with Crippen LogP contribution in [0.4, 0.5) is 5.69 Å². The van der Waals surface area contributed by atoms with E-state index in [1.807, 2.05) is 11.8 Å². The number of nitriles is 1. The van der Waals surface area contributed by atoms with E-state index < -0.39 is 0 Å². The Kier molecular flexibility index (Phi) is 3.35. The largest absolute Gasteiger partial charge is 0.381 e. The summed E-state index contributed by atoms with van der Waals surface area (Å²) < 4.78 is 0.378. The van der Waals surface area contributed by atoms with E-state index in [9.17, 15) is 0 Å². The van der Waals surface area contributed by atoms with Crippen LogP contribution in [0, 0.1) is 11.3 Å². The Bertz CT molecular complexity index is 401. The standard InChI is InChI=1S/C12H15N3S/c1-16-12(4-2-5-12)9-15-11-8-14-6-3-10(11)7-13/h3,6,8,15H,2,4-5,9H2,1H3. The van der Waals surface area contributed by atoms with Crippen molar-refractivity contribution in [3.8, 4) is 6.07 Å². The lowest BCUT2D eigenvalue weighted by atomic mass is 9.84. The van der Waals surface area contributed by atoms with Gasteiger partial charge in [-0.05, 0) is 25.2 Å². The minimum Gasteiger partial charge on any atom is -0.381 e. The fourth-order valence-corrected chi connectivity index (χ4v) is 2.83. The molecule has 1 heterocycles. The molecule has 1 N–H and O–H groups in total. The van der Waals surface area contributed by atoms with Crippen molar-refractivity contribution >= 4 is 17.4 Å². The molecule has 0 aromatic carbocycles. The van der Waals surface area contributed by atoms with E-state index in [1.165, 1.54) is 19.3 Å². The summed E-state index contributed by atoms with van der Waals surface area (Å²) in [5, 5.41) is 12.3. The molecule has 0 unspecified atom stereocenters. The Morgan fingerprint density at radius 3 is 3.00 bits per heavy atom. The van der Waals surface area contributed by atoms with Gasteiger partial charge >= 0.3 is 0 Å². The van der Waals surface area contributed by atoms with E-state index in [4.69, 9.17) is 5.26 Å². The molecule has 1 aromatic heterocycles. The maximum atomic E-state index is 8.95. The first kappa shape index (κ1) is 11.3. The molecule has 1 saturated carbocycles. The van der Waals surface area contributed by atoms with E-state index >= 15 is 0 Å². The highest BCUT2D eigenvalue weighted by Gasteiger charge is 2.35. The van der Waals surface area contributed by atoms with Gasteiger partial charge in [-0.1, -0.05) is 6.42 Å². The number of nitrogens with zero attached hydrogens (tertiary/aromatic N) is 2. The molecule has 0 saturated heterocycles. The van der Waals surface area contributed by atoms with Crippen molar-refractivity contribution in [2.75, 3.05) is 18.1 Å². The second kappa shape index (κ2) is 4.75. The van der Waals surface area contributed by atoms with E-state index in [2.05, 4.69) is 22.6 Å². The third-order valence-corrected chi connectivity index (χ3v) is 4.66. The first-order valence-electron chi connectivity index (χ1n) is 5.43. The normalized spacial score (nSPS) is 17.2. The molecule has 0 bridgehead atoms. The predicted octanol–water partition coefficient (Wildman–Crippen LogP) is 2.65. The van der Waals surface area contributed by atoms with Crippen LogP contribution in [0.15, 0.2) is 18.5 Å². The molecule has 16 heavy (non-hydrogen) atoms.